The molecule has 0 bridgehead atoms. The first-order chi connectivity index (χ1) is 10.3. The molecule has 0 fully saturated rings. The molecule has 0 spiro atoms. The Morgan fingerprint density at radius 2 is 2.00 bits per heavy atom. The quantitative estimate of drug-likeness (QED) is 0.473. The summed E-state index contributed by atoms with van der Waals surface area (Å²) in [7, 11) is 1.22. The van der Waals surface area contributed by atoms with Crippen LogP contribution >= 0.6 is 11.3 Å². The molecule has 0 aliphatic heterocycles. The minimum absolute atomic E-state index is 0.00716. The lowest BCUT2D eigenvalue weighted by Crippen LogP contribution is -2.15. The molecule has 1 aromatic heterocycles. The van der Waals surface area contributed by atoms with Gasteiger partial charge in [-0.1, -0.05) is 23.4 Å². The fourth-order valence-corrected chi connectivity index (χ4v) is 2.92. The summed E-state index contributed by atoms with van der Waals surface area (Å²) in [6, 6.07) is 8.38. The lowest BCUT2D eigenvalue weighted by molar-refractivity contribution is -0.109. The second kappa shape index (κ2) is 6.31. The van der Waals surface area contributed by atoms with Crippen LogP contribution in [0.3, 0.4) is 0 Å². The van der Waals surface area contributed by atoms with Crippen molar-refractivity contribution in [1.29, 1.82) is 0 Å². The van der Waals surface area contributed by atoms with E-state index in [2.05, 4.69) is 9.99 Å². The summed E-state index contributed by atoms with van der Waals surface area (Å²) in [4.78, 5) is 16.2. The summed E-state index contributed by atoms with van der Waals surface area (Å²) in [5.74, 6) is -0.841. The number of benzene rings is 1. The Morgan fingerprint density at radius 3 is 2.59 bits per heavy atom. The first-order valence-corrected chi connectivity index (χ1v) is 7.04. The first-order valence-electron chi connectivity index (χ1n) is 6.23. The SMILES string of the molecule is CO/N=C(\C)C(=O)/C=C(\c1cc2ccccc2s1)C(F)(F)F. The summed E-state index contributed by atoms with van der Waals surface area (Å²) in [5.41, 5.74) is -1.13. The summed E-state index contributed by atoms with van der Waals surface area (Å²) < 4.78 is 40.5. The molecular weight excluding hydrogens is 315 g/mol. The summed E-state index contributed by atoms with van der Waals surface area (Å²) >= 11 is 0.988. The van der Waals surface area contributed by atoms with Crippen LogP contribution in [0.4, 0.5) is 13.2 Å². The number of carbonyl (C=O) groups excluding carboxylic acids is 1. The summed E-state index contributed by atoms with van der Waals surface area (Å²) in [6.07, 6.45) is -4.08. The Balaban J connectivity index is 2.51. The Bertz CT molecular complexity index is 726. The van der Waals surface area contributed by atoms with Gasteiger partial charge in [-0.05, 0) is 24.4 Å². The molecule has 1 heterocycles. The monoisotopic (exact) mass is 327 g/mol. The van der Waals surface area contributed by atoms with Crippen LogP contribution in [0.15, 0.2) is 41.6 Å². The average Bonchev–Trinajstić information content (AvgIpc) is 2.86. The van der Waals surface area contributed by atoms with Crippen LogP contribution in [0.1, 0.15) is 11.8 Å². The fourth-order valence-electron chi connectivity index (χ4n) is 1.82. The second-order valence-corrected chi connectivity index (χ2v) is 5.51. The van der Waals surface area contributed by atoms with E-state index in [0.717, 1.165) is 16.0 Å². The van der Waals surface area contributed by atoms with E-state index in [1.54, 1.807) is 24.3 Å². The van der Waals surface area contributed by atoms with Crippen LogP contribution in [0.2, 0.25) is 0 Å². The minimum Gasteiger partial charge on any atom is -0.399 e. The van der Waals surface area contributed by atoms with Crippen molar-refractivity contribution in [1.82, 2.24) is 0 Å². The lowest BCUT2D eigenvalue weighted by atomic mass is 10.1. The van der Waals surface area contributed by atoms with Crippen molar-refractivity contribution in [2.24, 2.45) is 5.16 Å². The predicted octanol–water partition coefficient (Wildman–Crippen LogP) is 4.44. The topological polar surface area (TPSA) is 38.7 Å². The van der Waals surface area contributed by atoms with E-state index in [1.165, 1.54) is 20.1 Å². The van der Waals surface area contributed by atoms with Crippen LogP contribution in [0.5, 0.6) is 0 Å². The number of hydrogen-bond acceptors (Lipinski definition) is 4. The van der Waals surface area contributed by atoms with Gasteiger partial charge in [0, 0.05) is 15.7 Å². The standard InChI is InChI=1S/C15H12F3NO2S/c1-9(19-21-2)12(20)8-11(15(16,17)18)14-7-10-5-3-4-6-13(10)22-14/h3-8H,1-2H3/b11-8+,19-9+. The zero-order valence-corrected chi connectivity index (χ0v) is 12.6. The largest absolute Gasteiger partial charge is 0.417 e. The van der Waals surface area contributed by atoms with Gasteiger partial charge in [-0.3, -0.25) is 4.79 Å². The minimum atomic E-state index is -4.64. The van der Waals surface area contributed by atoms with Crippen LogP contribution in [-0.4, -0.2) is 24.8 Å². The molecule has 0 radical (unpaired) electrons. The zero-order chi connectivity index (χ0) is 16.3. The van der Waals surface area contributed by atoms with Gasteiger partial charge in [-0.2, -0.15) is 13.2 Å². The van der Waals surface area contributed by atoms with Gasteiger partial charge in [0.1, 0.15) is 12.8 Å². The Hall–Kier alpha value is -2.15. The lowest BCUT2D eigenvalue weighted by Gasteiger charge is -2.09. The molecule has 2 rings (SSSR count). The molecule has 2 aromatic rings. The van der Waals surface area contributed by atoms with Crippen molar-refractivity contribution < 1.29 is 22.8 Å². The van der Waals surface area contributed by atoms with E-state index in [9.17, 15) is 18.0 Å². The number of carbonyl (C=O) groups is 1. The van der Waals surface area contributed by atoms with Crippen molar-refractivity contribution in [3.63, 3.8) is 0 Å². The highest BCUT2D eigenvalue weighted by atomic mass is 32.1. The number of ketones is 1. The predicted molar refractivity (Wildman–Crippen MR) is 81.0 cm³/mol. The third kappa shape index (κ3) is 3.54. The average molecular weight is 327 g/mol. The molecule has 0 aliphatic rings. The van der Waals surface area contributed by atoms with Crippen LogP contribution in [-0.2, 0) is 9.63 Å². The van der Waals surface area contributed by atoms with Crippen LogP contribution in [0.25, 0.3) is 15.7 Å². The number of nitrogens with zero attached hydrogens (tertiary/aromatic N) is 1. The van der Waals surface area contributed by atoms with Crippen molar-refractivity contribution in [3.05, 3.63) is 41.3 Å². The van der Waals surface area contributed by atoms with Crippen LogP contribution in [0, 0.1) is 0 Å². The normalized spacial score (nSPS) is 13.5. The Labute approximate surface area is 128 Å². The molecule has 0 saturated carbocycles. The third-order valence-electron chi connectivity index (χ3n) is 2.86. The highest BCUT2D eigenvalue weighted by Crippen LogP contribution is 2.39. The zero-order valence-electron chi connectivity index (χ0n) is 11.8. The van der Waals surface area contributed by atoms with E-state index in [0.29, 0.717) is 11.5 Å². The van der Waals surface area contributed by atoms with Gasteiger partial charge in [-0.25, -0.2) is 0 Å². The van der Waals surface area contributed by atoms with Gasteiger partial charge in [0.15, 0.2) is 0 Å². The molecule has 0 unspecified atom stereocenters. The number of rotatable bonds is 4. The maximum absolute atomic E-state index is 13.3. The smallest absolute Gasteiger partial charge is 0.399 e. The van der Waals surface area contributed by atoms with Crippen molar-refractivity contribution >= 4 is 38.5 Å². The molecule has 0 aliphatic carbocycles. The van der Waals surface area contributed by atoms with Crippen molar-refractivity contribution in [2.75, 3.05) is 7.11 Å². The maximum atomic E-state index is 13.3. The molecule has 7 heteroatoms. The number of halogens is 3. The molecule has 22 heavy (non-hydrogen) atoms. The van der Waals surface area contributed by atoms with E-state index in [4.69, 9.17) is 0 Å². The summed E-state index contributed by atoms with van der Waals surface area (Å²) in [5, 5.41) is 4.06. The number of thiophene rings is 1. The van der Waals surface area contributed by atoms with Gasteiger partial charge in [0.2, 0.25) is 5.78 Å². The van der Waals surface area contributed by atoms with Crippen molar-refractivity contribution in [2.45, 2.75) is 13.1 Å². The molecule has 0 amide bonds. The fraction of sp³-hybridized carbons (Fsp3) is 0.200. The van der Waals surface area contributed by atoms with E-state index < -0.39 is 17.5 Å². The number of allylic oxidation sites excluding steroid dienone is 2. The Kier molecular flexibility index (Phi) is 4.65. The molecular formula is C15H12F3NO2S. The van der Waals surface area contributed by atoms with Crippen molar-refractivity contribution in [3.8, 4) is 0 Å². The summed E-state index contributed by atoms with van der Waals surface area (Å²) in [6.45, 7) is 1.29. The van der Waals surface area contributed by atoms with E-state index in [-0.39, 0.29) is 10.6 Å². The van der Waals surface area contributed by atoms with Gasteiger partial charge >= 0.3 is 6.18 Å². The van der Waals surface area contributed by atoms with E-state index in [1.807, 2.05) is 0 Å². The van der Waals surface area contributed by atoms with Crippen LogP contribution < -0.4 is 0 Å². The van der Waals surface area contributed by atoms with Gasteiger partial charge < -0.3 is 4.84 Å². The molecule has 1 aromatic carbocycles. The van der Waals surface area contributed by atoms with E-state index >= 15 is 0 Å². The third-order valence-corrected chi connectivity index (χ3v) is 4.01. The molecule has 0 saturated heterocycles. The molecule has 116 valence electrons. The van der Waals surface area contributed by atoms with Gasteiger partial charge in [0.05, 0.1) is 5.57 Å². The molecule has 0 N–H and O–H groups in total. The van der Waals surface area contributed by atoms with Gasteiger partial charge in [-0.15, -0.1) is 11.3 Å². The number of oxime groups is 1. The van der Waals surface area contributed by atoms with Gasteiger partial charge in [0.25, 0.3) is 0 Å². The maximum Gasteiger partial charge on any atom is 0.417 e. The second-order valence-electron chi connectivity index (χ2n) is 4.43. The first kappa shape index (κ1) is 16.2. The molecule has 3 nitrogen and oxygen atoms in total. The Morgan fingerprint density at radius 1 is 1.32 bits per heavy atom. The molecule has 0 atom stereocenters. The number of alkyl halides is 3. The number of fused-ring (bicyclic) bond motifs is 1. The highest BCUT2D eigenvalue weighted by molar-refractivity contribution is 7.20. The number of hydrogen-bond donors (Lipinski definition) is 0. The highest BCUT2D eigenvalue weighted by Gasteiger charge is 2.36.